The molecule has 3 N–H and O–H groups in total. The fourth-order valence-corrected chi connectivity index (χ4v) is 3.23. The van der Waals surface area contributed by atoms with Gasteiger partial charge in [-0.3, -0.25) is 9.59 Å². The highest BCUT2D eigenvalue weighted by Gasteiger charge is 2.22. The molecule has 3 rings (SSSR count). The van der Waals surface area contributed by atoms with E-state index in [9.17, 15) is 9.59 Å². The summed E-state index contributed by atoms with van der Waals surface area (Å²) in [5, 5.41) is 5.71. The molecule has 1 aliphatic heterocycles. The molecular formula is C20H26N3O3+. The van der Waals surface area contributed by atoms with Crippen LogP contribution in [0, 0.1) is 5.92 Å². The number of rotatable bonds is 6. The van der Waals surface area contributed by atoms with Gasteiger partial charge in [0.15, 0.2) is 6.54 Å². The van der Waals surface area contributed by atoms with Crippen molar-refractivity contribution in [3.8, 4) is 0 Å². The Balaban J connectivity index is 1.57. The van der Waals surface area contributed by atoms with Gasteiger partial charge >= 0.3 is 0 Å². The van der Waals surface area contributed by atoms with E-state index < -0.39 is 0 Å². The summed E-state index contributed by atoms with van der Waals surface area (Å²) in [5.41, 5.74) is 0.994. The van der Waals surface area contributed by atoms with Crippen molar-refractivity contribution >= 4 is 17.5 Å². The van der Waals surface area contributed by atoms with Crippen LogP contribution in [0.15, 0.2) is 47.1 Å². The Morgan fingerprint density at radius 2 is 1.92 bits per heavy atom. The number of anilines is 1. The minimum absolute atomic E-state index is 0.0548. The van der Waals surface area contributed by atoms with E-state index in [1.54, 1.807) is 36.6 Å². The predicted molar refractivity (Wildman–Crippen MR) is 98.9 cm³/mol. The normalized spacial score (nSPS) is 19.7. The molecule has 0 atom stereocenters. The van der Waals surface area contributed by atoms with Gasteiger partial charge in [0.25, 0.3) is 11.8 Å². The maximum absolute atomic E-state index is 12.5. The lowest BCUT2D eigenvalue weighted by atomic mass is 9.99. The first-order valence-electron chi connectivity index (χ1n) is 9.15. The zero-order valence-corrected chi connectivity index (χ0v) is 15.1. The van der Waals surface area contributed by atoms with Crippen LogP contribution in [-0.4, -0.2) is 31.4 Å². The molecule has 1 saturated heterocycles. The predicted octanol–water partition coefficient (Wildman–Crippen LogP) is 1.46. The van der Waals surface area contributed by atoms with Crippen LogP contribution in [-0.2, 0) is 11.3 Å². The summed E-state index contributed by atoms with van der Waals surface area (Å²) in [6, 6.07) is 10.6. The number of amides is 2. The molecule has 6 nitrogen and oxygen atoms in total. The van der Waals surface area contributed by atoms with Crippen molar-refractivity contribution in [2.24, 2.45) is 5.92 Å². The van der Waals surface area contributed by atoms with Crippen LogP contribution in [0.5, 0.6) is 0 Å². The van der Waals surface area contributed by atoms with Gasteiger partial charge in [-0.05, 0) is 43.0 Å². The molecule has 0 unspecified atom stereocenters. The summed E-state index contributed by atoms with van der Waals surface area (Å²) in [7, 11) is 0. The number of quaternary nitrogens is 1. The van der Waals surface area contributed by atoms with Crippen molar-refractivity contribution in [1.29, 1.82) is 0 Å². The van der Waals surface area contributed by atoms with Crippen LogP contribution < -0.4 is 15.5 Å². The molecule has 0 bridgehead atoms. The smallest absolute Gasteiger partial charge is 0.279 e. The molecule has 2 aromatic rings. The number of hydrogen-bond donors (Lipinski definition) is 3. The first-order valence-corrected chi connectivity index (χ1v) is 9.15. The third kappa shape index (κ3) is 4.95. The summed E-state index contributed by atoms with van der Waals surface area (Å²) in [5.74, 6) is 1.14. The monoisotopic (exact) mass is 356 g/mol. The molecular weight excluding hydrogens is 330 g/mol. The third-order valence-electron chi connectivity index (χ3n) is 4.84. The zero-order valence-electron chi connectivity index (χ0n) is 15.1. The number of carbonyl (C=O) groups is 2. The highest BCUT2D eigenvalue weighted by molar-refractivity contribution is 6.03. The number of para-hydroxylation sites is 1. The third-order valence-corrected chi connectivity index (χ3v) is 4.84. The Morgan fingerprint density at radius 3 is 2.65 bits per heavy atom. The van der Waals surface area contributed by atoms with E-state index in [0.29, 0.717) is 30.1 Å². The fraction of sp³-hybridized carbons (Fsp3) is 0.400. The average molecular weight is 356 g/mol. The number of benzene rings is 1. The van der Waals surface area contributed by atoms with Crippen LogP contribution in [0.4, 0.5) is 5.69 Å². The van der Waals surface area contributed by atoms with Gasteiger partial charge in [0.2, 0.25) is 0 Å². The van der Waals surface area contributed by atoms with Crippen LogP contribution in [0.3, 0.4) is 0 Å². The first-order chi connectivity index (χ1) is 12.6. The Bertz CT molecular complexity index is 735. The van der Waals surface area contributed by atoms with Gasteiger partial charge in [-0.15, -0.1) is 0 Å². The average Bonchev–Trinajstić information content (AvgIpc) is 3.16. The highest BCUT2D eigenvalue weighted by Crippen LogP contribution is 2.15. The minimum atomic E-state index is -0.239. The second-order valence-corrected chi connectivity index (χ2v) is 6.97. The van der Waals surface area contributed by atoms with E-state index in [4.69, 9.17) is 4.42 Å². The largest absolute Gasteiger partial charge is 0.467 e. The van der Waals surface area contributed by atoms with Crippen LogP contribution in [0.25, 0.3) is 0 Å². The SMILES string of the molecule is CC1CC[NH+](CC(=O)Nc2ccccc2C(=O)NCc2ccco2)CC1. The second-order valence-electron chi connectivity index (χ2n) is 6.97. The number of carbonyl (C=O) groups excluding carboxylic acids is 2. The van der Waals surface area contributed by atoms with Crippen LogP contribution in [0.1, 0.15) is 35.9 Å². The molecule has 1 aromatic carbocycles. The lowest BCUT2D eigenvalue weighted by molar-refractivity contribution is -0.897. The molecule has 0 saturated carbocycles. The summed E-state index contributed by atoms with van der Waals surface area (Å²) < 4.78 is 5.22. The lowest BCUT2D eigenvalue weighted by Gasteiger charge is -2.26. The summed E-state index contributed by atoms with van der Waals surface area (Å²) in [4.78, 5) is 26.2. The van der Waals surface area contributed by atoms with E-state index >= 15 is 0 Å². The Hall–Kier alpha value is -2.60. The number of nitrogens with one attached hydrogen (secondary N) is 3. The summed E-state index contributed by atoms with van der Waals surface area (Å²) in [6.45, 7) is 5.06. The molecule has 26 heavy (non-hydrogen) atoms. The van der Waals surface area contributed by atoms with Crippen molar-refractivity contribution in [3.63, 3.8) is 0 Å². The molecule has 0 aliphatic carbocycles. The number of likely N-dealkylation sites (tertiary alicyclic amines) is 1. The lowest BCUT2D eigenvalue weighted by Crippen LogP contribution is -3.14. The van der Waals surface area contributed by atoms with Gasteiger partial charge in [-0.1, -0.05) is 19.1 Å². The van der Waals surface area contributed by atoms with E-state index in [2.05, 4.69) is 17.6 Å². The molecule has 1 fully saturated rings. The van der Waals surface area contributed by atoms with Gasteiger partial charge in [-0.2, -0.15) is 0 Å². The van der Waals surface area contributed by atoms with Gasteiger partial charge in [0.1, 0.15) is 5.76 Å². The molecule has 2 amide bonds. The number of furan rings is 1. The molecule has 138 valence electrons. The Labute approximate surface area is 153 Å². The molecule has 0 radical (unpaired) electrons. The molecule has 1 aromatic heterocycles. The van der Waals surface area contributed by atoms with Gasteiger partial charge in [0, 0.05) is 0 Å². The van der Waals surface area contributed by atoms with E-state index in [0.717, 1.165) is 31.8 Å². The topological polar surface area (TPSA) is 75.8 Å². The van der Waals surface area contributed by atoms with Gasteiger partial charge < -0.3 is 20.0 Å². The van der Waals surface area contributed by atoms with Crippen LogP contribution in [0.2, 0.25) is 0 Å². The van der Waals surface area contributed by atoms with Crippen molar-refractivity contribution in [1.82, 2.24) is 5.32 Å². The fourth-order valence-electron chi connectivity index (χ4n) is 3.23. The number of hydrogen-bond acceptors (Lipinski definition) is 3. The molecule has 0 spiro atoms. The molecule has 2 heterocycles. The van der Waals surface area contributed by atoms with Gasteiger partial charge in [-0.25, -0.2) is 0 Å². The Morgan fingerprint density at radius 1 is 1.15 bits per heavy atom. The quantitative estimate of drug-likeness (QED) is 0.734. The van der Waals surface area contributed by atoms with Gasteiger partial charge in [0.05, 0.1) is 37.1 Å². The van der Waals surface area contributed by atoms with Crippen molar-refractivity contribution in [3.05, 3.63) is 54.0 Å². The van der Waals surface area contributed by atoms with Crippen LogP contribution >= 0.6 is 0 Å². The molecule has 1 aliphatic rings. The maximum Gasteiger partial charge on any atom is 0.279 e. The van der Waals surface area contributed by atoms with E-state index in [1.165, 1.54) is 4.90 Å². The zero-order chi connectivity index (χ0) is 18.4. The van der Waals surface area contributed by atoms with Crippen molar-refractivity contribution in [2.75, 3.05) is 25.0 Å². The number of piperidine rings is 1. The van der Waals surface area contributed by atoms with E-state index in [1.807, 2.05) is 6.07 Å². The van der Waals surface area contributed by atoms with E-state index in [-0.39, 0.29) is 11.8 Å². The first kappa shape index (κ1) is 18.2. The summed E-state index contributed by atoms with van der Waals surface area (Å²) >= 11 is 0. The minimum Gasteiger partial charge on any atom is -0.467 e. The second kappa shape index (κ2) is 8.67. The standard InChI is InChI=1S/C20H25N3O3/c1-15-8-10-23(11-9-15)14-19(24)22-18-7-3-2-6-17(18)20(25)21-13-16-5-4-12-26-16/h2-7,12,15H,8-11,13-14H2,1H3,(H,21,25)(H,22,24)/p+1. The Kier molecular flexibility index (Phi) is 6.07. The maximum atomic E-state index is 12.5. The summed E-state index contributed by atoms with van der Waals surface area (Å²) in [6.07, 6.45) is 3.89. The highest BCUT2D eigenvalue weighted by atomic mass is 16.3. The van der Waals surface area contributed by atoms with Crippen molar-refractivity contribution in [2.45, 2.75) is 26.3 Å². The van der Waals surface area contributed by atoms with Crippen molar-refractivity contribution < 1.29 is 18.9 Å². The molecule has 6 heteroatoms.